The molecule has 0 aliphatic heterocycles. The highest BCUT2D eigenvalue weighted by atomic mass is 32.2. The van der Waals surface area contributed by atoms with Gasteiger partial charge in [-0.05, 0) is 53.5 Å². The van der Waals surface area contributed by atoms with Gasteiger partial charge in [0.2, 0.25) is 0 Å². The summed E-state index contributed by atoms with van der Waals surface area (Å²) in [6, 6.07) is 13.2. The molecule has 0 fully saturated rings. The molecule has 0 atom stereocenters. The fraction of sp³-hybridized carbons (Fsp3) is 0. The van der Waals surface area contributed by atoms with Crippen molar-refractivity contribution < 1.29 is 8.42 Å². The van der Waals surface area contributed by atoms with E-state index in [1.165, 1.54) is 23.7 Å². The zero-order chi connectivity index (χ0) is 15.6. The summed E-state index contributed by atoms with van der Waals surface area (Å²) >= 11 is 1.38. The largest absolute Gasteiger partial charge is 0.399 e. The summed E-state index contributed by atoms with van der Waals surface area (Å²) in [7, 11) is -3.61. The van der Waals surface area contributed by atoms with E-state index in [1.807, 2.05) is 17.5 Å². The molecule has 1 aromatic heterocycles. The highest BCUT2D eigenvalue weighted by Gasteiger charge is 2.13. The molecule has 0 bridgehead atoms. The van der Waals surface area contributed by atoms with Crippen molar-refractivity contribution in [1.29, 1.82) is 0 Å². The van der Waals surface area contributed by atoms with Gasteiger partial charge in [0.1, 0.15) is 0 Å². The number of hydrogen-bond acceptors (Lipinski definition) is 5. The van der Waals surface area contributed by atoms with Crippen LogP contribution >= 0.6 is 11.5 Å². The summed E-state index contributed by atoms with van der Waals surface area (Å²) < 4.78 is 31.1. The van der Waals surface area contributed by atoms with Gasteiger partial charge in [0.05, 0.1) is 4.90 Å². The van der Waals surface area contributed by atoms with E-state index >= 15 is 0 Å². The smallest absolute Gasteiger partial charge is 0.261 e. The Bertz CT molecular complexity index is 856. The van der Waals surface area contributed by atoms with Crippen molar-refractivity contribution in [2.45, 2.75) is 4.90 Å². The second-order valence-electron chi connectivity index (χ2n) is 4.66. The second kappa shape index (κ2) is 5.78. The fourth-order valence-electron chi connectivity index (χ4n) is 1.94. The van der Waals surface area contributed by atoms with E-state index in [0.29, 0.717) is 11.4 Å². The summed E-state index contributed by atoms with van der Waals surface area (Å²) in [6.45, 7) is 0. The van der Waals surface area contributed by atoms with Crippen molar-refractivity contribution in [3.63, 3.8) is 0 Å². The first kappa shape index (κ1) is 14.6. The number of nitrogens with two attached hydrogens (primary N) is 1. The average molecular weight is 331 g/mol. The standard InChI is InChI=1S/C15H13N3O2S2/c16-13-3-7-15(8-4-13)22(19,20)18-14-5-1-11(2-6-14)12-9-17-21-10-12/h1-10,18H,16H2. The molecular formula is C15H13N3O2S2. The van der Waals surface area contributed by atoms with Crippen LogP contribution in [0, 0.1) is 0 Å². The Morgan fingerprint density at radius 3 is 2.23 bits per heavy atom. The molecule has 0 amide bonds. The maximum absolute atomic E-state index is 12.3. The van der Waals surface area contributed by atoms with Crippen molar-refractivity contribution in [2.75, 3.05) is 10.5 Å². The quantitative estimate of drug-likeness (QED) is 0.719. The summed E-state index contributed by atoms with van der Waals surface area (Å²) in [5.41, 5.74) is 8.59. The molecule has 0 unspecified atom stereocenters. The molecule has 3 N–H and O–H groups in total. The molecule has 22 heavy (non-hydrogen) atoms. The van der Waals surface area contributed by atoms with Crippen LogP contribution in [0.4, 0.5) is 11.4 Å². The Morgan fingerprint density at radius 2 is 1.64 bits per heavy atom. The van der Waals surface area contributed by atoms with Crippen molar-refractivity contribution in [2.24, 2.45) is 0 Å². The Kier molecular flexibility index (Phi) is 3.82. The zero-order valence-corrected chi connectivity index (χ0v) is 13.1. The van der Waals surface area contributed by atoms with Crippen LogP contribution in [0.15, 0.2) is 65.0 Å². The van der Waals surface area contributed by atoms with E-state index in [2.05, 4.69) is 9.10 Å². The minimum absolute atomic E-state index is 0.174. The predicted octanol–water partition coefficient (Wildman–Crippen LogP) is 3.19. The molecule has 3 rings (SSSR count). The second-order valence-corrected chi connectivity index (χ2v) is 7.00. The van der Waals surface area contributed by atoms with Gasteiger partial charge in [0, 0.05) is 28.5 Å². The number of sulfonamides is 1. The number of nitrogens with zero attached hydrogens (tertiary/aromatic N) is 1. The summed E-state index contributed by atoms with van der Waals surface area (Å²) in [4.78, 5) is 0.174. The summed E-state index contributed by atoms with van der Waals surface area (Å²) in [5, 5.41) is 1.94. The number of nitrogens with one attached hydrogen (secondary N) is 1. The first-order valence-corrected chi connectivity index (χ1v) is 8.75. The number of benzene rings is 2. The van der Waals surface area contributed by atoms with Crippen LogP contribution in [0.25, 0.3) is 11.1 Å². The molecule has 5 nitrogen and oxygen atoms in total. The number of rotatable bonds is 4. The molecule has 0 spiro atoms. The van der Waals surface area contributed by atoms with Crippen molar-refractivity contribution >= 4 is 32.9 Å². The molecule has 1 heterocycles. The van der Waals surface area contributed by atoms with Gasteiger partial charge in [-0.2, -0.15) is 0 Å². The van der Waals surface area contributed by atoms with Crippen LogP contribution in [-0.2, 0) is 10.0 Å². The van der Waals surface area contributed by atoms with Crippen LogP contribution in [0.3, 0.4) is 0 Å². The minimum Gasteiger partial charge on any atom is -0.399 e. The molecule has 0 radical (unpaired) electrons. The lowest BCUT2D eigenvalue weighted by atomic mass is 10.1. The lowest BCUT2D eigenvalue weighted by Gasteiger charge is -2.09. The van der Waals surface area contributed by atoms with Gasteiger partial charge in [0.25, 0.3) is 10.0 Å². The van der Waals surface area contributed by atoms with Gasteiger partial charge in [0.15, 0.2) is 0 Å². The fourth-order valence-corrected chi connectivity index (χ4v) is 3.54. The van der Waals surface area contributed by atoms with E-state index in [0.717, 1.165) is 11.1 Å². The summed E-state index contributed by atoms with van der Waals surface area (Å²) in [6.07, 6.45) is 1.78. The third-order valence-electron chi connectivity index (χ3n) is 3.09. The summed E-state index contributed by atoms with van der Waals surface area (Å²) in [5.74, 6) is 0. The van der Waals surface area contributed by atoms with Gasteiger partial charge >= 0.3 is 0 Å². The maximum atomic E-state index is 12.3. The van der Waals surface area contributed by atoms with Crippen LogP contribution in [0.2, 0.25) is 0 Å². The molecule has 7 heteroatoms. The van der Waals surface area contributed by atoms with Crippen molar-refractivity contribution in [3.8, 4) is 11.1 Å². The highest BCUT2D eigenvalue weighted by Crippen LogP contribution is 2.23. The number of aromatic nitrogens is 1. The van der Waals surface area contributed by atoms with Crippen molar-refractivity contribution in [3.05, 3.63) is 60.1 Å². The van der Waals surface area contributed by atoms with E-state index in [4.69, 9.17) is 5.73 Å². The monoisotopic (exact) mass is 331 g/mol. The SMILES string of the molecule is Nc1ccc(S(=O)(=O)Nc2ccc(-c3cnsc3)cc2)cc1. The van der Waals surface area contributed by atoms with Gasteiger partial charge < -0.3 is 5.73 Å². The van der Waals surface area contributed by atoms with E-state index in [-0.39, 0.29) is 4.90 Å². The Morgan fingerprint density at radius 1 is 0.955 bits per heavy atom. The van der Waals surface area contributed by atoms with Gasteiger partial charge in [-0.25, -0.2) is 12.8 Å². The third kappa shape index (κ3) is 3.10. The van der Waals surface area contributed by atoms with Gasteiger partial charge in [-0.15, -0.1) is 0 Å². The molecule has 0 aliphatic carbocycles. The average Bonchev–Trinajstić information content (AvgIpc) is 3.02. The molecule has 112 valence electrons. The van der Waals surface area contributed by atoms with Crippen molar-refractivity contribution in [1.82, 2.24) is 4.37 Å². The Labute approximate surface area is 132 Å². The molecule has 3 aromatic rings. The zero-order valence-electron chi connectivity index (χ0n) is 11.4. The maximum Gasteiger partial charge on any atom is 0.261 e. The van der Waals surface area contributed by atoms with Crippen LogP contribution in [0.5, 0.6) is 0 Å². The van der Waals surface area contributed by atoms with E-state index < -0.39 is 10.0 Å². The van der Waals surface area contributed by atoms with Gasteiger partial charge in [-0.1, -0.05) is 12.1 Å². The van der Waals surface area contributed by atoms with Crippen LogP contribution in [0.1, 0.15) is 0 Å². The molecule has 0 saturated carbocycles. The normalized spacial score (nSPS) is 11.3. The number of hydrogen-bond donors (Lipinski definition) is 2. The van der Waals surface area contributed by atoms with E-state index in [9.17, 15) is 8.42 Å². The predicted molar refractivity (Wildman–Crippen MR) is 89.2 cm³/mol. The molecule has 0 saturated heterocycles. The number of anilines is 2. The lowest BCUT2D eigenvalue weighted by molar-refractivity contribution is 0.601. The third-order valence-corrected chi connectivity index (χ3v) is 5.08. The minimum atomic E-state index is -3.61. The van der Waals surface area contributed by atoms with E-state index in [1.54, 1.807) is 30.5 Å². The van der Waals surface area contributed by atoms with Crippen LogP contribution in [-0.4, -0.2) is 12.8 Å². The molecule has 0 aliphatic rings. The highest BCUT2D eigenvalue weighted by molar-refractivity contribution is 7.92. The Balaban J connectivity index is 1.82. The van der Waals surface area contributed by atoms with Crippen LogP contribution < -0.4 is 10.5 Å². The number of nitrogen functional groups attached to an aromatic ring is 1. The Hall–Kier alpha value is -2.38. The molecule has 2 aromatic carbocycles. The topological polar surface area (TPSA) is 85.1 Å². The van der Waals surface area contributed by atoms with Gasteiger partial charge in [-0.3, -0.25) is 4.72 Å². The first-order valence-electron chi connectivity index (χ1n) is 6.43. The lowest BCUT2D eigenvalue weighted by Crippen LogP contribution is -2.12. The molecular weight excluding hydrogens is 318 g/mol. The first-order chi connectivity index (χ1) is 10.5.